The van der Waals surface area contributed by atoms with E-state index in [4.69, 9.17) is 33.3 Å². The minimum Gasteiger partial charge on any atom is -0.497 e. The van der Waals surface area contributed by atoms with E-state index >= 15 is 0 Å². The van der Waals surface area contributed by atoms with Crippen LogP contribution in [0.15, 0.2) is 125 Å². The highest BCUT2D eigenvalue weighted by Crippen LogP contribution is 2.45. The van der Waals surface area contributed by atoms with E-state index in [-0.39, 0.29) is 37.2 Å². The van der Waals surface area contributed by atoms with Gasteiger partial charge in [-0.25, -0.2) is 4.79 Å². The summed E-state index contributed by atoms with van der Waals surface area (Å²) in [5.41, 5.74) is -0.275. The molecule has 14 heteroatoms. The number of aryl methyl sites for hydroxylation is 1. The highest BCUT2D eigenvalue weighted by molar-refractivity contribution is 7.40. The first-order valence-corrected chi connectivity index (χ1v) is 18.6. The SMILES string of the molecule is COc1ccc(C(OC[C@H]2O[C@@H](n3cc(C)c(=O)n(C(=O)c4ccccc4)c3=O)C[C@@H]2OP(O)OCCC#N)(c2ccccc2)c2ccc(OC)cc2)cc1. The third-order valence-electron chi connectivity index (χ3n) is 9.28. The first kappa shape index (κ1) is 39.2. The normalized spacial score (nSPS) is 17.3. The Morgan fingerprint density at radius 2 is 1.45 bits per heavy atom. The number of hydrogen-bond acceptors (Lipinski definition) is 11. The molecule has 1 unspecified atom stereocenters. The molecule has 0 saturated carbocycles. The summed E-state index contributed by atoms with van der Waals surface area (Å²) in [5, 5.41) is 8.98. The summed E-state index contributed by atoms with van der Waals surface area (Å²) >= 11 is 0. The Morgan fingerprint density at radius 3 is 2.02 bits per heavy atom. The van der Waals surface area contributed by atoms with Crippen LogP contribution in [0, 0.1) is 18.3 Å². The van der Waals surface area contributed by atoms with Crippen LogP contribution in [0.5, 0.6) is 11.5 Å². The first-order valence-electron chi connectivity index (χ1n) is 17.4. The molecule has 1 N–H and O–H groups in total. The van der Waals surface area contributed by atoms with Crippen molar-refractivity contribution >= 4 is 14.5 Å². The summed E-state index contributed by atoms with van der Waals surface area (Å²) in [6.07, 6.45) is -1.47. The fourth-order valence-electron chi connectivity index (χ4n) is 6.52. The summed E-state index contributed by atoms with van der Waals surface area (Å²) < 4.78 is 37.7. The van der Waals surface area contributed by atoms with Gasteiger partial charge in [-0.2, -0.15) is 9.83 Å². The lowest BCUT2D eigenvalue weighted by atomic mass is 9.80. The average molecular weight is 766 g/mol. The van der Waals surface area contributed by atoms with Crippen LogP contribution in [-0.2, 0) is 24.1 Å². The molecule has 1 aliphatic rings. The molecular weight excluding hydrogens is 725 g/mol. The Hall–Kier alpha value is -5.45. The molecule has 1 saturated heterocycles. The summed E-state index contributed by atoms with van der Waals surface area (Å²) in [6.45, 7) is 1.31. The highest BCUT2D eigenvalue weighted by Gasteiger charge is 2.44. The van der Waals surface area contributed by atoms with E-state index in [9.17, 15) is 19.3 Å². The zero-order chi connectivity index (χ0) is 39.0. The molecule has 0 amide bonds. The van der Waals surface area contributed by atoms with E-state index in [1.54, 1.807) is 32.4 Å². The average Bonchev–Trinajstić information content (AvgIpc) is 3.62. The fraction of sp³-hybridized carbons (Fsp3) is 0.268. The molecule has 4 aromatic carbocycles. The molecule has 1 aliphatic heterocycles. The molecule has 0 bridgehead atoms. The maximum Gasteiger partial charge on any atom is 0.340 e. The molecule has 4 atom stereocenters. The van der Waals surface area contributed by atoms with Crippen molar-refractivity contribution < 1.29 is 37.7 Å². The van der Waals surface area contributed by atoms with Crippen molar-refractivity contribution in [2.24, 2.45) is 0 Å². The molecule has 0 spiro atoms. The summed E-state index contributed by atoms with van der Waals surface area (Å²) in [7, 11) is 0.698. The van der Waals surface area contributed by atoms with Crippen LogP contribution in [0.1, 0.15) is 51.7 Å². The van der Waals surface area contributed by atoms with E-state index < -0.39 is 49.8 Å². The van der Waals surface area contributed by atoms with Crippen LogP contribution in [0.2, 0.25) is 0 Å². The molecule has 0 aliphatic carbocycles. The van der Waals surface area contributed by atoms with Crippen molar-refractivity contribution in [1.29, 1.82) is 5.26 Å². The number of nitriles is 1. The number of carbonyl (C=O) groups is 1. The van der Waals surface area contributed by atoms with Crippen LogP contribution >= 0.6 is 8.60 Å². The lowest BCUT2D eigenvalue weighted by Gasteiger charge is -2.37. The maximum atomic E-state index is 14.0. The quantitative estimate of drug-likeness (QED) is 0.0773. The van der Waals surface area contributed by atoms with Crippen molar-refractivity contribution in [3.05, 3.63) is 164 Å². The van der Waals surface area contributed by atoms with Gasteiger partial charge >= 0.3 is 14.3 Å². The molecule has 2 heterocycles. The summed E-state index contributed by atoms with van der Waals surface area (Å²) in [5.74, 6) is 0.517. The second-order valence-corrected chi connectivity index (χ2v) is 13.6. The Balaban J connectivity index is 1.41. The number of aromatic nitrogens is 2. The zero-order valence-corrected chi connectivity index (χ0v) is 31.3. The maximum absolute atomic E-state index is 14.0. The predicted octanol–water partition coefficient (Wildman–Crippen LogP) is 5.86. The Kier molecular flexibility index (Phi) is 12.7. The lowest BCUT2D eigenvalue weighted by molar-refractivity contribution is -0.0928. The van der Waals surface area contributed by atoms with Crippen molar-refractivity contribution in [2.75, 3.05) is 27.4 Å². The zero-order valence-electron chi connectivity index (χ0n) is 30.4. The lowest BCUT2D eigenvalue weighted by Crippen LogP contribution is -2.45. The fourth-order valence-corrected chi connectivity index (χ4v) is 7.28. The molecule has 284 valence electrons. The van der Waals surface area contributed by atoms with E-state index in [1.165, 1.54) is 29.8 Å². The molecule has 1 aromatic heterocycles. The van der Waals surface area contributed by atoms with Gasteiger partial charge < -0.3 is 32.9 Å². The predicted molar refractivity (Wildman–Crippen MR) is 203 cm³/mol. The number of hydrogen-bond donors (Lipinski definition) is 1. The molecule has 55 heavy (non-hydrogen) atoms. The van der Waals surface area contributed by atoms with Crippen molar-refractivity contribution in [2.45, 2.75) is 43.8 Å². The van der Waals surface area contributed by atoms with Gasteiger partial charge in [0.15, 0.2) is 0 Å². The molecule has 0 radical (unpaired) electrons. The second-order valence-electron chi connectivity index (χ2n) is 12.6. The minimum absolute atomic E-state index is 0.00944. The topological polar surface area (TPSA) is 160 Å². The number of ether oxygens (including phenoxy) is 4. The van der Waals surface area contributed by atoms with E-state index in [2.05, 4.69) is 0 Å². The number of methoxy groups -OCH3 is 2. The molecule has 1 fully saturated rings. The number of nitrogens with zero attached hydrogens (tertiary/aromatic N) is 3. The van der Waals surface area contributed by atoms with Crippen molar-refractivity contribution in [1.82, 2.24) is 9.13 Å². The summed E-state index contributed by atoms with van der Waals surface area (Å²) in [4.78, 5) is 51.5. The van der Waals surface area contributed by atoms with Gasteiger partial charge in [-0.3, -0.25) is 14.2 Å². The minimum atomic E-state index is -2.48. The Bertz CT molecular complexity index is 2180. The van der Waals surface area contributed by atoms with Crippen LogP contribution in [0.4, 0.5) is 0 Å². The van der Waals surface area contributed by atoms with Gasteiger partial charge in [0.1, 0.15) is 29.4 Å². The first-order chi connectivity index (χ1) is 26.7. The standard InChI is InChI=1S/C41H40N3O10P/c1-28-26-43(40(47)44(38(28)45)39(46)29-11-6-4-7-12-29)37-25-35(54-55(48)52-24-10-23-42)36(53-37)27-51-41(30-13-8-5-9-14-30,31-15-19-33(49-2)20-16-31)32-17-21-34(50-3)22-18-32/h4-9,11-22,26,35-37,48H,10,24-25,27H2,1-3H3/t35-,36+,37+,55?/m0/s1. The van der Waals surface area contributed by atoms with Crippen LogP contribution < -0.4 is 20.7 Å². The monoisotopic (exact) mass is 765 g/mol. The third-order valence-corrected chi connectivity index (χ3v) is 10.1. The second kappa shape index (κ2) is 17.8. The van der Waals surface area contributed by atoms with E-state index in [1.807, 2.05) is 84.9 Å². The highest BCUT2D eigenvalue weighted by atomic mass is 31.2. The van der Waals surface area contributed by atoms with Gasteiger partial charge in [0.2, 0.25) is 0 Å². The van der Waals surface area contributed by atoms with Gasteiger partial charge in [0.05, 0.1) is 46.0 Å². The van der Waals surface area contributed by atoms with E-state index in [0.29, 0.717) is 16.1 Å². The number of rotatable bonds is 15. The van der Waals surface area contributed by atoms with Crippen LogP contribution in [0.25, 0.3) is 0 Å². The smallest absolute Gasteiger partial charge is 0.340 e. The number of benzene rings is 4. The van der Waals surface area contributed by atoms with Crippen molar-refractivity contribution in [3.63, 3.8) is 0 Å². The summed E-state index contributed by atoms with van der Waals surface area (Å²) in [6, 6.07) is 34.6. The third kappa shape index (κ3) is 8.45. The van der Waals surface area contributed by atoms with Crippen LogP contribution in [-0.4, -0.2) is 59.6 Å². The van der Waals surface area contributed by atoms with Gasteiger partial charge in [0.25, 0.3) is 11.5 Å². The largest absolute Gasteiger partial charge is 0.497 e. The van der Waals surface area contributed by atoms with Crippen LogP contribution in [0.3, 0.4) is 0 Å². The van der Waals surface area contributed by atoms with Crippen molar-refractivity contribution in [3.8, 4) is 17.6 Å². The molecule has 13 nitrogen and oxygen atoms in total. The van der Waals surface area contributed by atoms with Gasteiger partial charge in [0, 0.05) is 23.7 Å². The molecule has 6 rings (SSSR count). The van der Waals surface area contributed by atoms with E-state index in [0.717, 1.165) is 16.7 Å². The van der Waals surface area contributed by atoms with Gasteiger partial charge in [-0.15, -0.1) is 0 Å². The van der Waals surface area contributed by atoms with Gasteiger partial charge in [-0.1, -0.05) is 72.8 Å². The van der Waals surface area contributed by atoms with Gasteiger partial charge in [-0.05, 0) is 60.0 Å². The Morgan fingerprint density at radius 1 is 0.891 bits per heavy atom. The molecular formula is C41H40N3O10P. The Labute approximate surface area is 318 Å². The molecule has 5 aromatic rings. The number of carbonyl (C=O) groups excluding carboxylic acids is 1.